The van der Waals surface area contributed by atoms with Crippen molar-refractivity contribution in [3.63, 3.8) is 0 Å². The van der Waals surface area contributed by atoms with Crippen LogP contribution in [0, 0.1) is 0 Å². The molecule has 0 aliphatic carbocycles. The molecule has 1 fully saturated rings. The first-order chi connectivity index (χ1) is 16.9. The minimum atomic E-state index is -0.471. The molecule has 0 unspecified atom stereocenters. The van der Waals surface area contributed by atoms with Crippen LogP contribution in [-0.4, -0.2) is 49.9 Å². The van der Waals surface area contributed by atoms with Crippen molar-refractivity contribution in [2.24, 2.45) is 0 Å². The van der Waals surface area contributed by atoms with Gasteiger partial charge in [0.05, 0.1) is 27.8 Å². The van der Waals surface area contributed by atoms with Crippen molar-refractivity contribution in [3.8, 4) is 22.6 Å². The maximum atomic E-state index is 13.2. The standard InChI is InChI=1S/C26H24Br2N2O5/c1-18(31)34-17-30(26(32)29-10-12-33-13-11-29)21-15-23(27)25(24(28)16-21)35-22-9-5-8-20(14-22)19-6-3-2-4-7-19/h2-9,14-16H,10-13,17H2,1H3. The van der Waals surface area contributed by atoms with Crippen molar-refractivity contribution in [1.29, 1.82) is 0 Å². The van der Waals surface area contributed by atoms with E-state index in [0.29, 0.717) is 52.4 Å². The molecule has 7 nitrogen and oxygen atoms in total. The molecule has 0 saturated carbocycles. The summed E-state index contributed by atoms with van der Waals surface area (Å²) in [5.74, 6) is 0.757. The second kappa shape index (κ2) is 11.7. The second-order valence-corrected chi connectivity index (χ2v) is 9.52. The van der Waals surface area contributed by atoms with Crippen LogP contribution in [0.5, 0.6) is 11.5 Å². The van der Waals surface area contributed by atoms with Gasteiger partial charge in [0.15, 0.2) is 12.5 Å². The fraction of sp³-hybridized carbons (Fsp3) is 0.231. The molecule has 0 N–H and O–H groups in total. The molecule has 0 atom stereocenters. The minimum absolute atomic E-state index is 0.205. The summed E-state index contributed by atoms with van der Waals surface area (Å²) >= 11 is 7.16. The summed E-state index contributed by atoms with van der Waals surface area (Å²) in [5.41, 5.74) is 2.68. The lowest BCUT2D eigenvalue weighted by Crippen LogP contribution is -2.49. The van der Waals surface area contributed by atoms with E-state index in [9.17, 15) is 9.59 Å². The average molecular weight is 604 g/mol. The predicted molar refractivity (Wildman–Crippen MR) is 141 cm³/mol. The predicted octanol–water partition coefficient (Wildman–Crippen LogP) is 6.45. The molecule has 9 heteroatoms. The van der Waals surface area contributed by atoms with Crippen molar-refractivity contribution in [2.45, 2.75) is 6.92 Å². The van der Waals surface area contributed by atoms with Crippen LogP contribution in [0.1, 0.15) is 6.92 Å². The summed E-state index contributed by atoms with van der Waals surface area (Å²) in [7, 11) is 0. The molecule has 0 spiro atoms. The number of benzene rings is 3. The average Bonchev–Trinajstić information content (AvgIpc) is 2.87. The number of urea groups is 1. The molecule has 1 aliphatic rings. The molecule has 2 amide bonds. The molecule has 1 heterocycles. The van der Waals surface area contributed by atoms with Crippen molar-refractivity contribution in [1.82, 2.24) is 4.90 Å². The summed E-state index contributed by atoms with van der Waals surface area (Å²) in [6.07, 6.45) is 0. The Morgan fingerprint density at radius 2 is 1.60 bits per heavy atom. The highest BCUT2D eigenvalue weighted by Gasteiger charge is 2.26. The number of carbonyl (C=O) groups excluding carboxylic acids is 2. The maximum Gasteiger partial charge on any atom is 0.327 e. The van der Waals surface area contributed by atoms with E-state index in [0.717, 1.165) is 11.1 Å². The quantitative estimate of drug-likeness (QED) is 0.239. The van der Waals surface area contributed by atoms with Crippen molar-refractivity contribution >= 4 is 49.5 Å². The van der Waals surface area contributed by atoms with Gasteiger partial charge < -0.3 is 19.1 Å². The molecule has 1 saturated heterocycles. The number of halogens is 2. The summed E-state index contributed by atoms with van der Waals surface area (Å²) < 4.78 is 18.0. The van der Waals surface area contributed by atoms with E-state index in [1.165, 1.54) is 11.8 Å². The molecule has 182 valence electrons. The van der Waals surface area contributed by atoms with Crippen molar-refractivity contribution < 1.29 is 23.8 Å². The Hall–Kier alpha value is -2.88. The number of nitrogens with zero attached hydrogens (tertiary/aromatic N) is 2. The van der Waals surface area contributed by atoms with Gasteiger partial charge in [-0.1, -0.05) is 42.5 Å². The molecule has 35 heavy (non-hydrogen) atoms. The number of morpholine rings is 1. The lowest BCUT2D eigenvalue weighted by atomic mass is 10.1. The zero-order valence-corrected chi connectivity index (χ0v) is 22.2. The van der Waals surface area contributed by atoms with Gasteiger partial charge in [0.25, 0.3) is 0 Å². The lowest BCUT2D eigenvalue weighted by molar-refractivity contribution is -0.140. The molecule has 3 aromatic carbocycles. The summed E-state index contributed by atoms with van der Waals surface area (Å²) in [4.78, 5) is 27.8. The van der Waals surface area contributed by atoms with Crippen molar-refractivity contribution in [2.75, 3.05) is 37.9 Å². The van der Waals surface area contributed by atoms with Crippen LogP contribution >= 0.6 is 31.9 Å². The number of anilines is 1. The molecule has 0 radical (unpaired) electrons. The summed E-state index contributed by atoms with van der Waals surface area (Å²) in [6, 6.07) is 21.1. The number of rotatable bonds is 6. The zero-order chi connectivity index (χ0) is 24.8. The highest BCUT2D eigenvalue weighted by Crippen LogP contribution is 2.41. The molecule has 0 bridgehead atoms. The van der Waals surface area contributed by atoms with Gasteiger partial charge in [-0.05, 0) is 67.3 Å². The van der Waals surface area contributed by atoms with Gasteiger partial charge in [-0.2, -0.15) is 0 Å². The largest absolute Gasteiger partial charge is 0.455 e. The van der Waals surface area contributed by atoms with Crippen LogP contribution in [0.4, 0.5) is 10.5 Å². The number of hydrogen-bond acceptors (Lipinski definition) is 5. The Morgan fingerprint density at radius 3 is 2.26 bits per heavy atom. The van der Waals surface area contributed by atoms with Gasteiger partial charge >= 0.3 is 12.0 Å². The third-order valence-corrected chi connectivity index (χ3v) is 6.54. The number of carbonyl (C=O) groups is 2. The zero-order valence-electron chi connectivity index (χ0n) is 19.1. The Bertz CT molecular complexity index is 1180. The number of hydrogen-bond donors (Lipinski definition) is 0. The van der Waals surface area contributed by atoms with Crippen LogP contribution in [0.15, 0.2) is 75.7 Å². The molecule has 4 rings (SSSR count). The molecular formula is C26H24Br2N2O5. The summed E-state index contributed by atoms with van der Waals surface area (Å²) in [6.45, 7) is 2.98. The topological polar surface area (TPSA) is 68.3 Å². The highest BCUT2D eigenvalue weighted by atomic mass is 79.9. The second-order valence-electron chi connectivity index (χ2n) is 7.81. The Labute approximate surface area is 220 Å². The number of ether oxygens (including phenoxy) is 3. The van der Waals surface area contributed by atoms with Gasteiger partial charge in [0.1, 0.15) is 5.75 Å². The normalized spacial score (nSPS) is 13.3. The van der Waals surface area contributed by atoms with Gasteiger partial charge in [-0.25, -0.2) is 4.79 Å². The van der Waals surface area contributed by atoms with Crippen LogP contribution in [-0.2, 0) is 14.3 Å². The van der Waals surface area contributed by atoms with Crippen LogP contribution < -0.4 is 9.64 Å². The van der Waals surface area contributed by atoms with Crippen LogP contribution in [0.3, 0.4) is 0 Å². The van der Waals surface area contributed by atoms with E-state index in [4.69, 9.17) is 14.2 Å². The van der Waals surface area contributed by atoms with Gasteiger partial charge in [0, 0.05) is 20.0 Å². The van der Waals surface area contributed by atoms with Gasteiger partial charge in [-0.3, -0.25) is 9.69 Å². The fourth-order valence-corrected chi connectivity index (χ4v) is 4.93. The molecular weight excluding hydrogens is 580 g/mol. The van der Waals surface area contributed by atoms with Crippen LogP contribution in [0.25, 0.3) is 11.1 Å². The van der Waals surface area contributed by atoms with Gasteiger partial charge in [-0.15, -0.1) is 0 Å². The van der Waals surface area contributed by atoms with Crippen molar-refractivity contribution in [3.05, 3.63) is 75.7 Å². The van der Waals surface area contributed by atoms with E-state index in [1.54, 1.807) is 17.0 Å². The maximum absolute atomic E-state index is 13.2. The first kappa shape index (κ1) is 25.2. The smallest absolute Gasteiger partial charge is 0.327 e. The van der Waals surface area contributed by atoms with E-state index in [-0.39, 0.29) is 12.8 Å². The number of amides is 2. The fourth-order valence-electron chi connectivity index (χ4n) is 3.61. The van der Waals surface area contributed by atoms with Crippen LogP contribution in [0.2, 0.25) is 0 Å². The minimum Gasteiger partial charge on any atom is -0.455 e. The Balaban J connectivity index is 1.60. The van der Waals surface area contributed by atoms with E-state index in [1.807, 2.05) is 54.6 Å². The Kier molecular flexibility index (Phi) is 8.43. The Morgan fingerprint density at radius 1 is 0.943 bits per heavy atom. The molecule has 3 aromatic rings. The molecule has 0 aromatic heterocycles. The number of esters is 1. The summed E-state index contributed by atoms with van der Waals surface area (Å²) in [5, 5.41) is 0. The van der Waals surface area contributed by atoms with E-state index >= 15 is 0 Å². The third kappa shape index (κ3) is 6.42. The monoisotopic (exact) mass is 602 g/mol. The van der Waals surface area contributed by atoms with E-state index < -0.39 is 5.97 Å². The van der Waals surface area contributed by atoms with E-state index in [2.05, 4.69) is 31.9 Å². The lowest BCUT2D eigenvalue weighted by Gasteiger charge is -2.32. The SMILES string of the molecule is CC(=O)OCN(C(=O)N1CCOCC1)c1cc(Br)c(Oc2cccc(-c3ccccc3)c2)c(Br)c1. The first-order valence-corrected chi connectivity index (χ1v) is 12.6. The third-order valence-electron chi connectivity index (χ3n) is 5.37. The highest BCUT2D eigenvalue weighted by molar-refractivity contribution is 9.11. The first-order valence-electron chi connectivity index (χ1n) is 11.0. The molecule has 1 aliphatic heterocycles. The van der Waals surface area contributed by atoms with Gasteiger partial charge in [0.2, 0.25) is 0 Å².